The number of likely N-dealkylation sites (tertiary alicyclic amines) is 2. The predicted molar refractivity (Wildman–Crippen MR) is 214 cm³/mol. The van der Waals surface area contributed by atoms with E-state index in [2.05, 4.69) is 19.8 Å². The molecule has 0 bridgehead atoms. The van der Waals surface area contributed by atoms with Crippen LogP contribution >= 0.6 is 46.4 Å². The van der Waals surface area contributed by atoms with Gasteiger partial charge < -0.3 is 19.8 Å². The maximum atomic E-state index is 12.6. The minimum atomic E-state index is -1.01. The fourth-order valence-corrected chi connectivity index (χ4v) is 8.40. The van der Waals surface area contributed by atoms with E-state index < -0.39 is 11.9 Å². The van der Waals surface area contributed by atoms with Crippen molar-refractivity contribution in [3.8, 4) is 0 Å². The number of benzene rings is 4. The van der Waals surface area contributed by atoms with E-state index in [1.807, 2.05) is 24.3 Å². The molecule has 2 fully saturated rings. The minimum Gasteiger partial charge on any atom is -0.478 e. The van der Waals surface area contributed by atoms with Gasteiger partial charge in [0.15, 0.2) is 0 Å². The summed E-state index contributed by atoms with van der Waals surface area (Å²) in [5.41, 5.74) is 4.87. The van der Waals surface area contributed by atoms with Crippen LogP contribution in [0.1, 0.15) is 56.8 Å². The van der Waals surface area contributed by atoms with Crippen LogP contribution < -0.4 is 11.4 Å². The molecule has 286 valence electrons. The first-order chi connectivity index (χ1) is 26.4. The van der Waals surface area contributed by atoms with E-state index >= 15 is 0 Å². The molecule has 55 heavy (non-hydrogen) atoms. The lowest BCUT2D eigenvalue weighted by molar-refractivity contribution is 0.0600. The van der Waals surface area contributed by atoms with Gasteiger partial charge in [-0.15, -0.1) is 0 Å². The topological polar surface area (TPSA) is 146 Å². The highest BCUT2D eigenvalue weighted by atomic mass is 35.5. The lowest BCUT2D eigenvalue weighted by Gasteiger charge is -2.17. The molecule has 2 aromatic heterocycles. The summed E-state index contributed by atoms with van der Waals surface area (Å²) in [5.74, 6) is -1.44. The van der Waals surface area contributed by atoms with E-state index in [4.69, 9.17) is 51.1 Å². The monoisotopic (exact) mass is 824 g/mol. The van der Waals surface area contributed by atoms with Crippen LogP contribution in [0.2, 0.25) is 20.1 Å². The number of H-pyrrole nitrogens is 2. The Morgan fingerprint density at radius 1 is 0.691 bits per heavy atom. The third-order valence-corrected chi connectivity index (χ3v) is 11.3. The number of aromatic carboxylic acids is 1. The number of carbonyl (C=O) groups excluding carboxylic acids is 1. The fourth-order valence-electron chi connectivity index (χ4n) is 7.46. The van der Waals surface area contributed by atoms with Gasteiger partial charge in [-0.2, -0.15) is 0 Å². The van der Waals surface area contributed by atoms with Crippen molar-refractivity contribution in [2.24, 2.45) is 0 Å². The van der Waals surface area contributed by atoms with Crippen LogP contribution in [-0.4, -0.2) is 79.2 Å². The summed E-state index contributed by atoms with van der Waals surface area (Å²) in [5, 5.41) is 11.7. The van der Waals surface area contributed by atoms with Crippen molar-refractivity contribution in [2.45, 2.75) is 38.0 Å². The van der Waals surface area contributed by atoms with Gasteiger partial charge in [0.05, 0.1) is 52.4 Å². The lowest BCUT2D eigenvalue weighted by atomic mass is 10.2. The number of carboxylic acid groups (broad SMARTS) is 1. The Hall–Kier alpha value is -4.56. The molecule has 6 aromatic rings. The summed E-state index contributed by atoms with van der Waals surface area (Å²) in [4.78, 5) is 58.3. The van der Waals surface area contributed by atoms with Gasteiger partial charge in [-0.05, 0) is 84.6 Å². The van der Waals surface area contributed by atoms with Crippen molar-refractivity contribution in [2.75, 3.05) is 33.3 Å². The van der Waals surface area contributed by atoms with Crippen LogP contribution in [0.3, 0.4) is 0 Å². The maximum Gasteiger partial charge on any atom is 0.337 e. The van der Waals surface area contributed by atoms with Gasteiger partial charge >= 0.3 is 23.3 Å². The average Bonchev–Trinajstić information content (AvgIpc) is 3.94. The number of carboxylic acids is 1. The summed E-state index contributed by atoms with van der Waals surface area (Å²) in [6.45, 7) is 4.43. The van der Waals surface area contributed by atoms with Crippen molar-refractivity contribution in [3.63, 3.8) is 0 Å². The second kappa shape index (κ2) is 16.3. The molecule has 0 amide bonds. The fraction of sp³-hybridized carbons (Fsp3) is 0.282. The van der Waals surface area contributed by atoms with Crippen molar-refractivity contribution < 1.29 is 19.4 Å². The van der Waals surface area contributed by atoms with Crippen LogP contribution in [0.15, 0.2) is 82.4 Å². The van der Waals surface area contributed by atoms with Crippen molar-refractivity contribution >= 4 is 80.4 Å². The average molecular weight is 827 g/mol. The Morgan fingerprint density at radius 3 is 1.58 bits per heavy atom. The Bertz CT molecular complexity index is 2540. The molecule has 4 heterocycles. The third-order valence-electron chi connectivity index (χ3n) is 10.1. The number of ether oxygens (including phenoxy) is 1. The van der Waals surface area contributed by atoms with E-state index in [9.17, 15) is 24.3 Å². The van der Waals surface area contributed by atoms with Crippen molar-refractivity contribution in [1.29, 1.82) is 0 Å². The molecule has 4 aromatic carbocycles. The number of esters is 1. The number of nitrogens with zero attached hydrogens (tertiary/aromatic N) is 4. The van der Waals surface area contributed by atoms with Gasteiger partial charge in [-0.3, -0.25) is 18.9 Å². The zero-order valence-electron chi connectivity index (χ0n) is 29.5. The zero-order valence-corrected chi connectivity index (χ0v) is 32.6. The van der Waals surface area contributed by atoms with E-state index in [0.717, 1.165) is 37.1 Å². The summed E-state index contributed by atoms with van der Waals surface area (Å²) in [6, 6.07) is 20.7. The summed E-state index contributed by atoms with van der Waals surface area (Å²) in [6.07, 6.45) is 1.63. The summed E-state index contributed by atoms with van der Waals surface area (Å²) < 4.78 is 8.21. The predicted octanol–water partition coefficient (Wildman–Crippen LogP) is 7.65. The largest absolute Gasteiger partial charge is 0.478 e. The number of fused-ring (bicyclic) bond motifs is 2. The number of aromatic nitrogens is 4. The Kier molecular flexibility index (Phi) is 11.4. The van der Waals surface area contributed by atoms with Crippen molar-refractivity contribution in [1.82, 2.24) is 28.9 Å². The molecule has 3 N–H and O–H groups in total. The SMILES string of the molecule is COC(=O)c1ccc2[nH]c(=O)n([C@H]3CCN(Cc4ccc(Cl)cc4Cl)C3)c2c1.O=C(O)c1ccc2[nH]c(=O)n([C@H]3CCN(Cc4ccc(Cl)cc4Cl)C3)c2c1. The highest BCUT2D eigenvalue weighted by Gasteiger charge is 2.29. The van der Waals surface area contributed by atoms with Crippen molar-refractivity contribution in [3.05, 3.63) is 136 Å². The molecule has 2 aliphatic heterocycles. The number of hydrogen-bond donors (Lipinski definition) is 3. The number of aromatic amines is 2. The molecule has 0 aliphatic carbocycles. The van der Waals surface area contributed by atoms with Gasteiger partial charge in [0.1, 0.15) is 0 Å². The maximum absolute atomic E-state index is 12.6. The van der Waals surface area contributed by atoms with Crippen LogP contribution in [0, 0.1) is 0 Å². The molecule has 0 saturated carbocycles. The number of imidazole rings is 2. The van der Waals surface area contributed by atoms with Gasteiger partial charge in [-0.25, -0.2) is 19.2 Å². The first kappa shape index (κ1) is 38.7. The van der Waals surface area contributed by atoms with Gasteiger partial charge in [-0.1, -0.05) is 58.5 Å². The van der Waals surface area contributed by atoms with Crippen LogP contribution in [0.4, 0.5) is 0 Å². The number of methoxy groups -OCH3 is 1. The van der Waals surface area contributed by atoms with Gasteiger partial charge in [0.2, 0.25) is 0 Å². The summed E-state index contributed by atoms with van der Waals surface area (Å²) >= 11 is 24.5. The Labute approximate surface area is 334 Å². The molecule has 0 unspecified atom stereocenters. The van der Waals surface area contributed by atoms with Crippen LogP contribution in [-0.2, 0) is 17.8 Å². The smallest absolute Gasteiger partial charge is 0.337 e. The quantitative estimate of drug-likeness (QED) is 0.133. The molecule has 12 nitrogen and oxygen atoms in total. The molecule has 2 atom stereocenters. The number of hydrogen-bond acceptors (Lipinski definition) is 7. The van der Waals surface area contributed by atoms with Gasteiger partial charge in [0, 0.05) is 59.4 Å². The Morgan fingerprint density at radius 2 is 1.15 bits per heavy atom. The lowest BCUT2D eigenvalue weighted by Crippen LogP contribution is -2.26. The zero-order chi connectivity index (χ0) is 39.0. The van der Waals surface area contributed by atoms with E-state index in [-0.39, 0.29) is 29.0 Å². The second-order valence-electron chi connectivity index (χ2n) is 13.7. The molecule has 0 spiro atoms. The first-order valence-electron chi connectivity index (χ1n) is 17.5. The highest BCUT2D eigenvalue weighted by Crippen LogP contribution is 2.30. The molecule has 2 aliphatic rings. The van der Waals surface area contributed by atoms with Gasteiger partial charge in [0.25, 0.3) is 0 Å². The molecular weight excluding hydrogens is 790 g/mol. The molecular formula is C39H36Cl4N6O6. The number of halogens is 4. The highest BCUT2D eigenvalue weighted by molar-refractivity contribution is 6.35. The van der Waals surface area contributed by atoms with E-state index in [0.29, 0.717) is 73.9 Å². The van der Waals surface area contributed by atoms with Crippen LogP contribution in [0.25, 0.3) is 22.1 Å². The first-order valence-corrected chi connectivity index (χ1v) is 19.0. The number of nitrogens with one attached hydrogen (secondary N) is 2. The normalized spacial score (nSPS) is 17.5. The third kappa shape index (κ3) is 8.35. The molecule has 0 radical (unpaired) electrons. The minimum absolute atomic E-state index is 0.0141. The van der Waals surface area contributed by atoms with E-state index in [1.165, 1.54) is 13.2 Å². The number of rotatable bonds is 8. The van der Waals surface area contributed by atoms with E-state index in [1.54, 1.807) is 51.6 Å². The molecule has 16 heteroatoms. The number of carbonyl (C=O) groups is 2. The Balaban J connectivity index is 0.000000169. The molecule has 8 rings (SSSR count). The van der Waals surface area contributed by atoms with Crippen LogP contribution in [0.5, 0.6) is 0 Å². The standard InChI is InChI=1S/C20H19Cl2N3O3.C19H17Cl2N3O3/c1-28-19(26)12-3-5-17-18(8-12)25(20(27)23-17)15-6-7-24(11-15)10-13-2-4-14(21)9-16(13)22;20-13-3-1-12(15(21)8-13)9-23-6-5-14(10-23)24-17-7-11(18(25)26)2-4-16(17)22-19(24)27/h2-5,8-9,15H,6-7,10-11H2,1H3,(H,23,27);1-4,7-8,14H,5-6,9-10H2,(H,22,27)(H,25,26)/t15-;14-/m00/s1. The second-order valence-corrected chi connectivity index (χ2v) is 15.4. The molecule has 2 saturated heterocycles. The summed E-state index contributed by atoms with van der Waals surface area (Å²) in [7, 11) is 1.34.